The number of nitrogens with one attached hydrogen (secondary N) is 4. The third-order valence-corrected chi connectivity index (χ3v) is 18.5. The first kappa shape index (κ1) is 55.1. The van der Waals surface area contributed by atoms with Crippen LogP contribution in [-0.4, -0.2) is 105 Å². The highest BCUT2D eigenvalue weighted by atomic mass is 32.2. The number of pyridine rings is 1. The predicted octanol–water partition coefficient (Wildman–Crippen LogP) is 12.2. The summed E-state index contributed by atoms with van der Waals surface area (Å²) in [5.74, 6) is 1.64. The molecule has 1 amide bonds. The molecule has 4 aliphatic rings. The summed E-state index contributed by atoms with van der Waals surface area (Å²) in [6.45, 7) is 14.4. The number of carbonyl (C=O) groups excluding carboxylic acids is 1. The van der Waals surface area contributed by atoms with Gasteiger partial charge in [0.1, 0.15) is 23.0 Å². The van der Waals surface area contributed by atoms with Crippen LogP contribution in [0, 0.1) is 22.9 Å². The van der Waals surface area contributed by atoms with Crippen molar-refractivity contribution in [1.82, 2.24) is 29.5 Å². The molecule has 0 radical (unpaired) electrons. The fourth-order valence-corrected chi connectivity index (χ4v) is 13.8. The van der Waals surface area contributed by atoms with Crippen molar-refractivity contribution in [3.05, 3.63) is 130 Å². The molecule has 0 spiro atoms. The molecule has 4 N–H and O–H groups in total. The van der Waals surface area contributed by atoms with Crippen LogP contribution in [0.5, 0.6) is 23.1 Å². The highest BCUT2D eigenvalue weighted by Crippen LogP contribution is 2.46. The molecule has 2 aliphatic heterocycles. The van der Waals surface area contributed by atoms with Crippen molar-refractivity contribution in [3.8, 4) is 23.1 Å². The van der Waals surface area contributed by atoms with Crippen LogP contribution in [0.1, 0.15) is 130 Å². The first-order chi connectivity index (χ1) is 38.7. The smallest absolute Gasteiger partial charge is 0.268 e. The van der Waals surface area contributed by atoms with Crippen LogP contribution in [0.4, 0.5) is 21.5 Å². The largest absolute Gasteiger partial charge is 0.758 e. The number of ether oxygens (including phenoxy) is 3. The lowest BCUT2D eigenvalue weighted by Gasteiger charge is -2.48. The summed E-state index contributed by atoms with van der Waals surface area (Å²) >= 11 is 0. The Morgan fingerprint density at radius 3 is 2.41 bits per heavy atom. The monoisotopic (exact) mass is 1110 g/mol. The number of nitrogens with zero attached hydrogens (tertiary/aromatic N) is 5. The van der Waals surface area contributed by atoms with E-state index in [1.807, 2.05) is 0 Å². The number of hydrogen-bond donors (Lipinski definition) is 4. The molecule has 0 bridgehead atoms. The van der Waals surface area contributed by atoms with Crippen LogP contribution in [0.25, 0.3) is 21.9 Å². The van der Waals surface area contributed by atoms with E-state index in [1.54, 1.807) is 44.5 Å². The van der Waals surface area contributed by atoms with Crippen molar-refractivity contribution in [2.24, 2.45) is 11.8 Å². The Labute approximate surface area is 469 Å². The Morgan fingerprint density at radius 1 is 0.887 bits per heavy atom. The lowest BCUT2D eigenvalue weighted by Crippen LogP contribution is -2.54. The maximum Gasteiger partial charge on any atom is 0.268 e. The van der Waals surface area contributed by atoms with Crippen molar-refractivity contribution in [1.29, 1.82) is 0 Å². The normalized spacial score (nSPS) is 19.7. The maximum absolute atomic E-state index is 15.1. The number of piperidine rings is 1. The Hall–Kier alpha value is -6.86. The molecule has 2 aliphatic carbocycles. The van der Waals surface area contributed by atoms with Crippen LogP contribution >= 0.6 is 0 Å². The van der Waals surface area contributed by atoms with Crippen molar-refractivity contribution in [2.45, 2.75) is 114 Å². The third-order valence-electron chi connectivity index (χ3n) is 17.1. The van der Waals surface area contributed by atoms with Gasteiger partial charge in [0.25, 0.3) is 21.8 Å². The average molecular weight is 1110 g/mol. The van der Waals surface area contributed by atoms with Crippen LogP contribution in [0.3, 0.4) is 0 Å². The predicted molar refractivity (Wildman–Crippen MR) is 314 cm³/mol. The lowest BCUT2D eigenvalue weighted by atomic mass is 9.83. The molecule has 0 unspecified atom stereocenters. The summed E-state index contributed by atoms with van der Waals surface area (Å²) in [6, 6.07) is 25.6. The van der Waals surface area contributed by atoms with E-state index < -0.39 is 21.7 Å². The van der Waals surface area contributed by atoms with Gasteiger partial charge in [0.2, 0.25) is 0 Å². The maximum atomic E-state index is 15.1. The number of piperazine rings is 1. The van der Waals surface area contributed by atoms with Gasteiger partial charge in [0.05, 0.1) is 46.5 Å². The minimum atomic E-state index is -4.64. The van der Waals surface area contributed by atoms with Crippen molar-refractivity contribution >= 4 is 54.9 Å². The molecular formula is C62H75FN9O7S-. The van der Waals surface area contributed by atoms with E-state index in [2.05, 4.69) is 103 Å². The molecule has 18 heteroatoms. The second kappa shape index (κ2) is 23.3. The number of anilines is 3. The van der Waals surface area contributed by atoms with Crippen molar-refractivity contribution in [3.63, 3.8) is 0 Å². The van der Waals surface area contributed by atoms with Gasteiger partial charge >= 0.3 is 0 Å². The molecule has 4 fully saturated rings. The van der Waals surface area contributed by atoms with E-state index in [-0.39, 0.29) is 57.2 Å². The standard InChI is InChI=1S/C62H75FN9O7S/c1-7-78-62-56(32-50-51(63)35-66-60(50)67-62)79-55-31-44(19-21-48(55)61(73)68-80(75,76)57-33-52(69(5)74)59(58-49(57)22-25-64-58)65-34-40-14-12-39(4)13-15-40)71-26-23-43(24-27-71)72-29-28-70(37-53(72)47-11-9-8-10-45(47)38(2)3)36-41-16-20-46(42-17-18-42)54(30-41)77-6/h8-11,16,19-22,25,30-33,35,38-40,42-43,53,64-65H,7,12-15,17-18,23-24,26-29,34,36-37H2,1-6H3,(H,66,67)(H,68,73)/q-1/t39?,40?,53-/m0/s1. The second-order valence-corrected chi connectivity index (χ2v) is 24.5. The van der Waals surface area contributed by atoms with E-state index >= 15 is 4.39 Å². The molecule has 7 aromatic rings. The minimum absolute atomic E-state index is 0.0140. The Morgan fingerprint density at radius 2 is 1.68 bits per heavy atom. The fourth-order valence-electron chi connectivity index (χ4n) is 12.6. The minimum Gasteiger partial charge on any atom is -0.758 e. The lowest BCUT2D eigenvalue weighted by molar-refractivity contribution is 0.0271. The zero-order chi connectivity index (χ0) is 55.8. The number of methoxy groups -OCH3 is 1. The van der Waals surface area contributed by atoms with Crippen LogP contribution in [0.2, 0.25) is 0 Å². The van der Waals surface area contributed by atoms with Gasteiger partial charge in [-0.15, -0.1) is 0 Å². The van der Waals surface area contributed by atoms with Crippen LogP contribution in [-0.2, 0) is 16.6 Å². The summed E-state index contributed by atoms with van der Waals surface area (Å²) in [4.78, 5) is 32.5. The number of hydroxylamine groups is 1. The molecule has 424 valence electrons. The molecule has 11 rings (SSSR count). The average Bonchev–Trinajstić information content (AvgIpc) is 4.25. The number of benzene rings is 4. The topological polar surface area (TPSA) is 183 Å². The van der Waals surface area contributed by atoms with Gasteiger partial charge in [-0.05, 0) is 129 Å². The number of sulfonamides is 1. The van der Waals surface area contributed by atoms with E-state index in [0.717, 1.165) is 76.1 Å². The number of aromatic nitrogens is 3. The second-order valence-electron chi connectivity index (χ2n) is 22.9. The number of amides is 1. The van der Waals surface area contributed by atoms with E-state index in [9.17, 15) is 18.4 Å². The number of carbonyl (C=O) groups is 1. The SMILES string of the molecule is CCOc1nc2[nH]cc(F)c2cc1Oc1cc(N2CCC(N3CCN(Cc4ccc(C5CC5)c(OC)c4)C[C@H]3c3ccccc3C(C)C)CC2)ccc1C(=O)NS(=O)(=O)c1cc(N(C)[O-])c(NCC2CCC(C)CC2)c2[nH]ccc12. The van der Waals surface area contributed by atoms with E-state index in [4.69, 9.17) is 14.2 Å². The highest BCUT2D eigenvalue weighted by Gasteiger charge is 2.37. The number of H-pyrrole nitrogens is 2. The van der Waals surface area contributed by atoms with Gasteiger partial charge in [0.15, 0.2) is 5.75 Å². The number of rotatable bonds is 19. The van der Waals surface area contributed by atoms with E-state index in [0.29, 0.717) is 71.0 Å². The van der Waals surface area contributed by atoms with Gasteiger partial charge in [-0.1, -0.05) is 70.0 Å². The zero-order valence-corrected chi connectivity index (χ0v) is 47.6. The quantitative estimate of drug-likeness (QED) is 0.0562. The summed E-state index contributed by atoms with van der Waals surface area (Å²) in [5.41, 5.74) is 7.28. The molecular weight excluding hydrogens is 1030 g/mol. The van der Waals surface area contributed by atoms with Crippen LogP contribution < -0.4 is 34.2 Å². The van der Waals surface area contributed by atoms with Gasteiger partial charge in [0, 0.05) is 93.5 Å². The number of fused-ring (bicyclic) bond motifs is 2. The Bertz CT molecular complexity index is 3470. The number of hydrogen-bond acceptors (Lipinski definition) is 13. The molecule has 5 heterocycles. The van der Waals surface area contributed by atoms with Gasteiger partial charge in [-0.25, -0.2) is 17.5 Å². The van der Waals surface area contributed by atoms with Crippen LogP contribution in [0.15, 0.2) is 96.2 Å². The first-order valence-corrected chi connectivity index (χ1v) is 30.1. The van der Waals surface area contributed by atoms with Gasteiger partial charge in [-0.2, -0.15) is 4.98 Å². The number of halogens is 1. The molecule has 2 saturated heterocycles. The third kappa shape index (κ3) is 11.5. The van der Waals surface area contributed by atoms with Gasteiger partial charge < -0.3 is 44.7 Å². The zero-order valence-electron chi connectivity index (χ0n) is 46.8. The number of aromatic amines is 2. The highest BCUT2D eigenvalue weighted by molar-refractivity contribution is 7.90. The van der Waals surface area contributed by atoms with Gasteiger partial charge in [-0.3, -0.25) is 14.6 Å². The van der Waals surface area contributed by atoms with Crippen molar-refractivity contribution < 1.29 is 31.8 Å². The summed E-state index contributed by atoms with van der Waals surface area (Å²) in [5, 5.41) is 17.8. The summed E-state index contributed by atoms with van der Waals surface area (Å²) < 4.78 is 65.0. The Balaban J connectivity index is 0.863. The molecule has 16 nitrogen and oxygen atoms in total. The molecule has 3 aromatic heterocycles. The molecule has 80 heavy (non-hydrogen) atoms. The summed E-state index contributed by atoms with van der Waals surface area (Å²) in [7, 11) is -1.54. The molecule has 1 atom stereocenters. The molecule has 4 aromatic carbocycles. The summed E-state index contributed by atoms with van der Waals surface area (Å²) in [6.07, 6.45) is 11.4. The van der Waals surface area contributed by atoms with E-state index in [1.165, 1.54) is 60.5 Å². The fraction of sp³-hybridized carbons (Fsp3) is 0.452. The first-order valence-electron chi connectivity index (χ1n) is 28.6. The Kier molecular flexibility index (Phi) is 16.0. The van der Waals surface area contributed by atoms with Crippen molar-refractivity contribution in [2.75, 3.05) is 75.3 Å². The molecule has 2 saturated carbocycles.